The van der Waals surface area contributed by atoms with E-state index in [4.69, 9.17) is 9.47 Å². The lowest BCUT2D eigenvalue weighted by molar-refractivity contribution is -0.204. The van der Waals surface area contributed by atoms with Gasteiger partial charge >= 0.3 is 11.9 Å². The van der Waals surface area contributed by atoms with Crippen molar-refractivity contribution in [1.82, 2.24) is 0 Å². The van der Waals surface area contributed by atoms with Gasteiger partial charge in [-0.05, 0) is 77.0 Å². The van der Waals surface area contributed by atoms with Crippen molar-refractivity contribution >= 4 is 11.9 Å². The molecular formula is C42H74O7. The van der Waals surface area contributed by atoms with E-state index in [1.165, 1.54) is 44.9 Å². The molecule has 0 saturated heterocycles. The van der Waals surface area contributed by atoms with Gasteiger partial charge in [0.2, 0.25) is 6.29 Å². The number of esters is 2. The van der Waals surface area contributed by atoms with Gasteiger partial charge in [0.25, 0.3) is 0 Å². The van der Waals surface area contributed by atoms with E-state index in [1.54, 1.807) is 6.92 Å². The molecule has 0 aliphatic heterocycles. The second kappa shape index (κ2) is 34.2. The van der Waals surface area contributed by atoms with Crippen LogP contribution in [0.2, 0.25) is 0 Å². The van der Waals surface area contributed by atoms with E-state index in [2.05, 4.69) is 62.5 Å². The van der Waals surface area contributed by atoms with Crippen molar-refractivity contribution in [3.05, 3.63) is 48.6 Å². The van der Waals surface area contributed by atoms with E-state index in [-0.39, 0.29) is 19.4 Å². The molecule has 7 nitrogen and oxygen atoms in total. The third kappa shape index (κ3) is 24.6. The second-order valence-electron chi connectivity index (χ2n) is 13.4. The zero-order valence-corrected chi connectivity index (χ0v) is 31.6. The number of aliphatic hydroxyl groups is 3. The Morgan fingerprint density at radius 2 is 1.02 bits per heavy atom. The molecule has 0 saturated carbocycles. The Balaban J connectivity index is 4.41. The number of aliphatic hydroxyl groups excluding tert-OH is 3. The molecule has 0 spiro atoms. The van der Waals surface area contributed by atoms with Crippen LogP contribution in [0.4, 0.5) is 0 Å². The van der Waals surface area contributed by atoms with Crippen molar-refractivity contribution in [2.45, 2.75) is 175 Å². The first kappa shape index (κ1) is 46.8. The molecule has 0 rings (SSSR count). The summed E-state index contributed by atoms with van der Waals surface area (Å²) in [6, 6.07) is 0. The molecule has 49 heavy (non-hydrogen) atoms. The molecule has 7 heteroatoms. The minimum atomic E-state index is -1.67. The number of ether oxygens (including phenoxy) is 2. The summed E-state index contributed by atoms with van der Waals surface area (Å²) in [6.45, 7) is 4.47. The van der Waals surface area contributed by atoms with Crippen LogP contribution in [0.15, 0.2) is 48.6 Å². The lowest BCUT2D eigenvalue weighted by Crippen LogP contribution is -2.49. The molecule has 0 aromatic heterocycles. The summed E-state index contributed by atoms with van der Waals surface area (Å²) < 4.78 is 10.9. The van der Waals surface area contributed by atoms with Gasteiger partial charge in [-0.3, -0.25) is 9.59 Å². The fraction of sp³-hybridized carbons (Fsp3) is 0.762. The third-order valence-corrected chi connectivity index (χ3v) is 9.14. The number of carbonyl (C=O) groups is 2. The summed E-state index contributed by atoms with van der Waals surface area (Å²) in [4.78, 5) is 25.7. The minimum absolute atomic E-state index is 0.244. The van der Waals surface area contributed by atoms with Gasteiger partial charge in [-0.2, -0.15) is 0 Å². The molecule has 3 N–H and O–H groups in total. The van der Waals surface area contributed by atoms with Crippen LogP contribution in [0.1, 0.15) is 168 Å². The molecule has 2 unspecified atom stereocenters. The van der Waals surface area contributed by atoms with E-state index >= 15 is 0 Å². The topological polar surface area (TPSA) is 113 Å². The van der Waals surface area contributed by atoms with Gasteiger partial charge in [0, 0.05) is 25.4 Å². The summed E-state index contributed by atoms with van der Waals surface area (Å²) >= 11 is 0. The van der Waals surface area contributed by atoms with E-state index < -0.39 is 42.8 Å². The minimum Gasteiger partial charge on any atom is -0.425 e. The van der Waals surface area contributed by atoms with Gasteiger partial charge in [0.05, 0.1) is 13.2 Å². The van der Waals surface area contributed by atoms with Crippen molar-refractivity contribution in [2.24, 2.45) is 11.3 Å². The maximum absolute atomic E-state index is 13.3. The second-order valence-corrected chi connectivity index (χ2v) is 13.4. The van der Waals surface area contributed by atoms with Gasteiger partial charge in [-0.15, -0.1) is 0 Å². The summed E-state index contributed by atoms with van der Waals surface area (Å²) in [7, 11) is 0. The smallest absolute Gasteiger partial charge is 0.320 e. The molecule has 2 atom stereocenters. The van der Waals surface area contributed by atoms with Crippen molar-refractivity contribution in [2.75, 3.05) is 19.8 Å². The molecule has 0 amide bonds. The quantitative estimate of drug-likeness (QED) is 0.0267. The van der Waals surface area contributed by atoms with Crippen molar-refractivity contribution < 1.29 is 34.4 Å². The molecule has 0 aromatic rings. The van der Waals surface area contributed by atoms with Crippen LogP contribution in [0.5, 0.6) is 0 Å². The number of hydrogen-bond donors (Lipinski definition) is 3. The van der Waals surface area contributed by atoms with Crippen LogP contribution in [-0.2, 0) is 19.1 Å². The largest absolute Gasteiger partial charge is 0.425 e. The Labute approximate surface area is 300 Å². The molecule has 0 fully saturated rings. The first-order valence-electron chi connectivity index (χ1n) is 19.8. The molecule has 0 heterocycles. The third-order valence-electron chi connectivity index (χ3n) is 9.14. The van der Waals surface area contributed by atoms with E-state index in [0.717, 1.165) is 77.0 Å². The fourth-order valence-electron chi connectivity index (χ4n) is 5.71. The van der Waals surface area contributed by atoms with Crippen LogP contribution in [0.25, 0.3) is 0 Å². The first-order valence-corrected chi connectivity index (χ1v) is 19.8. The highest BCUT2D eigenvalue weighted by molar-refractivity contribution is 5.78. The van der Waals surface area contributed by atoms with E-state index in [0.29, 0.717) is 12.8 Å². The number of rotatable bonds is 34. The summed E-state index contributed by atoms with van der Waals surface area (Å²) in [5.74, 6) is -1.96. The molecule has 0 radical (unpaired) electrons. The molecule has 0 aromatic carbocycles. The molecule has 0 aliphatic carbocycles. The summed E-state index contributed by atoms with van der Waals surface area (Å²) in [5.41, 5.74) is -1.67. The summed E-state index contributed by atoms with van der Waals surface area (Å²) in [5, 5.41) is 30.6. The number of unbranched alkanes of at least 4 members (excludes halogenated alkanes) is 14. The van der Waals surface area contributed by atoms with Gasteiger partial charge in [-0.1, -0.05) is 127 Å². The van der Waals surface area contributed by atoms with Crippen LogP contribution in [-0.4, -0.2) is 53.4 Å². The van der Waals surface area contributed by atoms with Crippen molar-refractivity contribution in [3.63, 3.8) is 0 Å². The average Bonchev–Trinajstić information content (AvgIpc) is 3.11. The maximum atomic E-state index is 13.3. The van der Waals surface area contributed by atoms with Crippen LogP contribution in [0.3, 0.4) is 0 Å². The zero-order valence-electron chi connectivity index (χ0n) is 31.6. The Morgan fingerprint density at radius 1 is 0.571 bits per heavy atom. The predicted octanol–water partition coefficient (Wildman–Crippen LogP) is 10.2. The SMILES string of the molecule is CCCCC/C=C\C/C=C\CCCCCCCC(=O)OC(CC)OC(=O)C(CO)(CO)C(CO)CCCCC/C=C\C/C=C\CCCCC. The van der Waals surface area contributed by atoms with Crippen LogP contribution in [0, 0.1) is 11.3 Å². The number of allylic oxidation sites excluding steroid dienone is 8. The Morgan fingerprint density at radius 3 is 1.47 bits per heavy atom. The summed E-state index contributed by atoms with van der Waals surface area (Å²) in [6.07, 6.45) is 39.2. The Hall–Kier alpha value is -2.22. The van der Waals surface area contributed by atoms with Gasteiger partial charge in [0.15, 0.2) is 0 Å². The monoisotopic (exact) mass is 691 g/mol. The van der Waals surface area contributed by atoms with E-state index in [1.807, 2.05) is 0 Å². The molecule has 0 bridgehead atoms. The normalized spacial score (nSPS) is 13.7. The van der Waals surface area contributed by atoms with Crippen LogP contribution < -0.4 is 0 Å². The first-order chi connectivity index (χ1) is 23.9. The predicted molar refractivity (Wildman–Crippen MR) is 203 cm³/mol. The van der Waals surface area contributed by atoms with Gasteiger partial charge in [0.1, 0.15) is 5.41 Å². The average molecular weight is 691 g/mol. The zero-order chi connectivity index (χ0) is 36.3. The van der Waals surface area contributed by atoms with Crippen molar-refractivity contribution in [1.29, 1.82) is 0 Å². The standard InChI is InChI=1S/C42H74O7/c1-4-7-9-11-13-15-17-19-20-22-24-26-28-30-32-34-39(46)48-40(6-3)49-41(47)42(36-44,37-45)38(35-43)33-31-29-27-25-23-21-18-16-14-12-10-8-5-2/h13-16,19-21,23,38,40,43-45H,4-12,17-18,22,24-37H2,1-3H3/b15-13-,16-14-,20-19-,23-21-. The van der Waals surface area contributed by atoms with E-state index in [9.17, 15) is 24.9 Å². The highest BCUT2D eigenvalue weighted by Gasteiger charge is 2.47. The highest BCUT2D eigenvalue weighted by Crippen LogP contribution is 2.33. The number of hydrogen-bond acceptors (Lipinski definition) is 7. The van der Waals surface area contributed by atoms with Crippen molar-refractivity contribution in [3.8, 4) is 0 Å². The highest BCUT2D eigenvalue weighted by atomic mass is 16.7. The fourth-order valence-corrected chi connectivity index (χ4v) is 5.71. The number of carbonyl (C=O) groups excluding carboxylic acids is 2. The molecular weight excluding hydrogens is 616 g/mol. The lowest BCUT2D eigenvalue weighted by Gasteiger charge is -2.35. The Bertz CT molecular complexity index is 887. The van der Waals surface area contributed by atoms with Crippen LogP contribution >= 0.6 is 0 Å². The Kier molecular flexibility index (Phi) is 32.7. The van der Waals surface area contributed by atoms with Gasteiger partial charge in [-0.25, -0.2) is 0 Å². The lowest BCUT2D eigenvalue weighted by atomic mass is 9.74. The van der Waals surface area contributed by atoms with Gasteiger partial charge < -0.3 is 24.8 Å². The maximum Gasteiger partial charge on any atom is 0.320 e. The molecule has 0 aliphatic rings. The molecule has 284 valence electrons.